The summed E-state index contributed by atoms with van der Waals surface area (Å²) in [6.45, 7) is 2.35. The van der Waals surface area contributed by atoms with Crippen LogP contribution in [0.25, 0.3) is 0 Å². The Morgan fingerprint density at radius 3 is 2.54 bits per heavy atom. The normalized spacial score (nSPS) is 27.9. The summed E-state index contributed by atoms with van der Waals surface area (Å²) in [5, 5.41) is 0. The second-order valence-electron chi connectivity index (χ2n) is 11.3. The molecule has 5 heteroatoms. The molecule has 3 unspecified atom stereocenters. The number of benzene rings is 2. The third-order valence-electron chi connectivity index (χ3n) is 9.26. The zero-order valence-corrected chi connectivity index (χ0v) is 21.6. The molecule has 2 aromatic carbocycles. The number of hydrogen-bond acceptors (Lipinski definition) is 4. The molecule has 3 aliphatic carbocycles. The predicted octanol–water partition coefficient (Wildman–Crippen LogP) is 5.81. The molecule has 1 heterocycles. The lowest BCUT2D eigenvalue weighted by Gasteiger charge is -2.50. The molecule has 3 aromatic rings. The molecule has 0 radical (unpaired) electrons. The summed E-state index contributed by atoms with van der Waals surface area (Å²) < 4.78 is 13.7. The number of hydrogen-bond donors (Lipinski definition) is 0. The number of aromatic nitrogens is 1. The summed E-state index contributed by atoms with van der Waals surface area (Å²) in [4.78, 5) is 25.5. The standard InChI is InChI=1S/C32H34NO4/c1-32-17-16-26-25-13-11-24(36-30(34)21-7-4-3-5-8-21)19-22(25)10-12-27(26)28(32)14-15-29(32)37-31(35)23-9-6-18-33(2)20-23/h3-9,11,13,18-20,26-29H,10,12,14-17H2,1-2H3/q+1/t26?,27?,28?,29-,32-/m0/s1. The van der Waals surface area contributed by atoms with Crippen LogP contribution >= 0.6 is 0 Å². The molecule has 1 aromatic heterocycles. The minimum Gasteiger partial charge on any atom is -0.458 e. The van der Waals surface area contributed by atoms with Gasteiger partial charge in [-0.25, -0.2) is 14.2 Å². The third-order valence-corrected chi connectivity index (χ3v) is 9.26. The number of aryl methyl sites for hydroxylation is 2. The second kappa shape index (κ2) is 9.44. The van der Waals surface area contributed by atoms with Gasteiger partial charge in [-0.2, -0.15) is 0 Å². The van der Waals surface area contributed by atoms with Gasteiger partial charge in [-0.05, 0) is 97.7 Å². The van der Waals surface area contributed by atoms with E-state index in [9.17, 15) is 9.59 Å². The van der Waals surface area contributed by atoms with Crippen molar-refractivity contribution < 1.29 is 23.6 Å². The van der Waals surface area contributed by atoms with Crippen molar-refractivity contribution in [3.8, 4) is 5.75 Å². The van der Waals surface area contributed by atoms with Crippen molar-refractivity contribution in [1.29, 1.82) is 0 Å². The first-order valence-electron chi connectivity index (χ1n) is 13.5. The van der Waals surface area contributed by atoms with Gasteiger partial charge in [0.25, 0.3) is 0 Å². The molecule has 37 heavy (non-hydrogen) atoms. The SMILES string of the molecule is C[n+]1cccc(C(=O)O[C@H]2CCC3C4CCc5cc(OC(=O)c6ccccc6)ccc5C4CC[C@@]32C)c1. The summed E-state index contributed by atoms with van der Waals surface area (Å²) in [6, 6.07) is 19.0. The molecule has 2 fully saturated rings. The van der Waals surface area contributed by atoms with Gasteiger partial charge >= 0.3 is 11.9 Å². The highest BCUT2D eigenvalue weighted by molar-refractivity contribution is 5.91. The summed E-state index contributed by atoms with van der Waals surface area (Å²) in [5.41, 5.74) is 3.91. The molecule has 190 valence electrons. The maximum absolute atomic E-state index is 12.9. The Bertz CT molecular complexity index is 1340. The lowest BCUT2D eigenvalue weighted by Crippen LogP contribution is -2.45. The molecule has 0 saturated heterocycles. The number of nitrogens with zero attached hydrogens (tertiary/aromatic N) is 1. The average molecular weight is 497 g/mol. The van der Waals surface area contributed by atoms with Crippen molar-refractivity contribution in [2.75, 3.05) is 0 Å². The Morgan fingerprint density at radius 1 is 0.919 bits per heavy atom. The highest BCUT2D eigenvalue weighted by atomic mass is 16.5. The van der Waals surface area contributed by atoms with E-state index in [0.29, 0.717) is 34.6 Å². The number of ether oxygens (including phenoxy) is 2. The van der Waals surface area contributed by atoms with Crippen LogP contribution in [0, 0.1) is 17.3 Å². The maximum Gasteiger partial charge on any atom is 0.344 e. The monoisotopic (exact) mass is 496 g/mol. The van der Waals surface area contributed by atoms with E-state index >= 15 is 0 Å². The first-order valence-corrected chi connectivity index (χ1v) is 13.5. The largest absolute Gasteiger partial charge is 0.458 e. The topological polar surface area (TPSA) is 56.5 Å². The Balaban J connectivity index is 1.16. The maximum atomic E-state index is 12.9. The molecule has 0 bridgehead atoms. The van der Waals surface area contributed by atoms with E-state index in [1.807, 2.05) is 60.4 Å². The number of rotatable bonds is 4. The van der Waals surface area contributed by atoms with Gasteiger partial charge in [0.2, 0.25) is 0 Å². The summed E-state index contributed by atoms with van der Waals surface area (Å²) in [5.74, 6) is 1.76. The van der Waals surface area contributed by atoms with E-state index < -0.39 is 0 Å². The Hall–Kier alpha value is -3.47. The van der Waals surface area contributed by atoms with Crippen molar-refractivity contribution in [3.63, 3.8) is 0 Å². The molecule has 5 nitrogen and oxygen atoms in total. The number of fused-ring (bicyclic) bond motifs is 5. The van der Waals surface area contributed by atoms with Gasteiger partial charge in [0, 0.05) is 11.5 Å². The van der Waals surface area contributed by atoms with Gasteiger partial charge in [-0.3, -0.25) is 0 Å². The van der Waals surface area contributed by atoms with Crippen molar-refractivity contribution in [1.82, 2.24) is 0 Å². The molecule has 0 aliphatic heterocycles. The van der Waals surface area contributed by atoms with Gasteiger partial charge in [0.05, 0.1) is 5.56 Å². The van der Waals surface area contributed by atoms with E-state index in [1.54, 1.807) is 12.1 Å². The molecular weight excluding hydrogens is 462 g/mol. The zero-order chi connectivity index (χ0) is 25.6. The van der Waals surface area contributed by atoms with Crippen LogP contribution in [0.5, 0.6) is 5.75 Å². The van der Waals surface area contributed by atoms with Gasteiger partial charge in [0.1, 0.15) is 24.5 Å². The average Bonchev–Trinajstić information content (AvgIpc) is 3.24. The van der Waals surface area contributed by atoms with Crippen LogP contribution in [-0.4, -0.2) is 18.0 Å². The number of carbonyl (C=O) groups excluding carboxylic acids is 2. The molecular formula is C32H34NO4+. The van der Waals surface area contributed by atoms with E-state index in [0.717, 1.165) is 38.5 Å². The van der Waals surface area contributed by atoms with E-state index in [1.165, 1.54) is 11.1 Å². The third kappa shape index (κ3) is 4.35. The van der Waals surface area contributed by atoms with Gasteiger partial charge in [-0.15, -0.1) is 0 Å². The lowest BCUT2D eigenvalue weighted by molar-refractivity contribution is -0.671. The van der Waals surface area contributed by atoms with Crippen LogP contribution in [0.1, 0.15) is 76.8 Å². The quantitative estimate of drug-likeness (QED) is 0.260. The molecule has 2 saturated carbocycles. The molecule has 0 spiro atoms. The van der Waals surface area contributed by atoms with Crippen LogP contribution < -0.4 is 9.30 Å². The first-order chi connectivity index (χ1) is 17.9. The van der Waals surface area contributed by atoms with Gasteiger partial charge < -0.3 is 9.47 Å². The summed E-state index contributed by atoms with van der Waals surface area (Å²) in [7, 11) is 1.92. The number of pyridine rings is 1. The zero-order valence-electron chi connectivity index (χ0n) is 21.6. The second-order valence-corrected chi connectivity index (χ2v) is 11.3. The fourth-order valence-electron chi connectivity index (χ4n) is 7.41. The van der Waals surface area contributed by atoms with Crippen LogP contribution in [0.4, 0.5) is 0 Å². The first kappa shape index (κ1) is 23.9. The smallest absolute Gasteiger partial charge is 0.344 e. The van der Waals surface area contributed by atoms with Crippen LogP contribution in [-0.2, 0) is 18.2 Å². The van der Waals surface area contributed by atoms with Gasteiger partial charge in [-0.1, -0.05) is 31.2 Å². The lowest BCUT2D eigenvalue weighted by atomic mass is 9.55. The van der Waals surface area contributed by atoms with Crippen molar-refractivity contribution in [3.05, 3.63) is 95.3 Å². The minimum atomic E-state index is -0.321. The highest BCUT2D eigenvalue weighted by Crippen LogP contribution is 2.61. The minimum absolute atomic E-state index is 0.0243. The number of esters is 2. The van der Waals surface area contributed by atoms with Crippen molar-refractivity contribution in [2.45, 2.75) is 57.5 Å². The number of carbonyl (C=O) groups is 2. The molecule has 6 rings (SSSR count). The van der Waals surface area contributed by atoms with Crippen LogP contribution in [0.15, 0.2) is 73.1 Å². The van der Waals surface area contributed by atoms with E-state index in [-0.39, 0.29) is 23.5 Å². The fraction of sp³-hybridized carbons (Fsp3) is 0.406. The molecule has 0 amide bonds. The van der Waals surface area contributed by atoms with Crippen LogP contribution in [0.2, 0.25) is 0 Å². The molecule has 0 N–H and O–H groups in total. The Labute approximate surface area is 218 Å². The fourth-order valence-corrected chi connectivity index (χ4v) is 7.41. The predicted molar refractivity (Wildman–Crippen MR) is 139 cm³/mol. The Kier molecular flexibility index (Phi) is 6.10. The summed E-state index contributed by atoms with van der Waals surface area (Å²) in [6.07, 6.45) is 10.0. The highest BCUT2D eigenvalue weighted by Gasteiger charge is 2.56. The van der Waals surface area contributed by atoms with Crippen molar-refractivity contribution in [2.24, 2.45) is 24.3 Å². The molecule has 3 aliphatic rings. The summed E-state index contributed by atoms with van der Waals surface area (Å²) >= 11 is 0. The molecule has 5 atom stereocenters. The van der Waals surface area contributed by atoms with E-state index in [4.69, 9.17) is 9.47 Å². The van der Waals surface area contributed by atoms with Crippen LogP contribution in [0.3, 0.4) is 0 Å². The Morgan fingerprint density at radius 2 is 1.73 bits per heavy atom. The van der Waals surface area contributed by atoms with E-state index in [2.05, 4.69) is 19.1 Å². The van der Waals surface area contributed by atoms with Gasteiger partial charge in [0.15, 0.2) is 12.4 Å². The van der Waals surface area contributed by atoms with Crippen molar-refractivity contribution >= 4 is 11.9 Å².